The van der Waals surface area contributed by atoms with Crippen LogP contribution in [0.2, 0.25) is 0 Å². The summed E-state index contributed by atoms with van der Waals surface area (Å²) in [6.07, 6.45) is 2.52. The zero-order chi connectivity index (χ0) is 12.0. The molecule has 0 aromatic rings. The van der Waals surface area contributed by atoms with Gasteiger partial charge in [0.25, 0.3) is 0 Å². The normalized spacial score (nSPS) is 23.3. The summed E-state index contributed by atoms with van der Waals surface area (Å²) in [6, 6.07) is 0.00992. The first-order chi connectivity index (χ1) is 7.65. The maximum absolute atomic E-state index is 11.5. The molecule has 2 unspecified atom stereocenters. The van der Waals surface area contributed by atoms with Crippen LogP contribution < -0.4 is 11.1 Å². The number of nitrogens with one attached hydrogen (secondary N) is 1. The van der Waals surface area contributed by atoms with Crippen molar-refractivity contribution in [1.82, 2.24) is 10.2 Å². The average Bonchev–Trinajstić information content (AvgIpc) is 2.74. The Morgan fingerprint density at radius 1 is 1.56 bits per heavy atom. The Kier molecular flexibility index (Phi) is 5.77. The standard InChI is InChI=1S/C12H25N3O/c1-3-11(13)7-12(16)14-8-10-5-6-15(4-2)9-10/h10-11H,3-9,13H2,1-2H3,(H,14,16). The number of hydrogen-bond donors (Lipinski definition) is 2. The minimum Gasteiger partial charge on any atom is -0.356 e. The summed E-state index contributed by atoms with van der Waals surface area (Å²) in [6.45, 7) is 8.41. The van der Waals surface area contributed by atoms with Crippen molar-refractivity contribution < 1.29 is 4.79 Å². The molecular formula is C12H25N3O. The lowest BCUT2D eigenvalue weighted by molar-refractivity contribution is -0.121. The second-order valence-corrected chi connectivity index (χ2v) is 4.72. The van der Waals surface area contributed by atoms with Crippen molar-refractivity contribution in [2.24, 2.45) is 11.7 Å². The van der Waals surface area contributed by atoms with Crippen LogP contribution in [0.1, 0.15) is 33.1 Å². The number of carbonyl (C=O) groups is 1. The molecule has 94 valence electrons. The fourth-order valence-electron chi connectivity index (χ4n) is 2.08. The fourth-order valence-corrected chi connectivity index (χ4v) is 2.08. The van der Waals surface area contributed by atoms with Crippen molar-refractivity contribution in [2.45, 2.75) is 39.2 Å². The van der Waals surface area contributed by atoms with Crippen LogP contribution in [-0.4, -0.2) is 43.0 Å². The lowest BCUT2D eigenvalue weighted by Gasteiger charge is -2.14. The number of nitrogens with zero attached hydrogens (tertiary/aromatic N) is 1. The lowest BCUT2D eigenvalue weighted by atomic mass is 10.1. The van der Waals surface area contributed by atoms with Crippen molar-refractivity contribution in [3.05, 3.63) is 0 Å². The van der Waals surface area contributed by atoms with Crippen molar-refractivity contribution in [3.8, 4) is 0 Å². The SMILES string of the molecule is CCC(N)CC(=O)NCC1CCN(CC)C1. The molecule has 1 aliphatic heterocycles. The van der Waals surface area contributed by atoms with Gasteiger partial charge in [-0.3, -0.25) is 4.79 Å². The van der Waals surface area contributed by atoms with Gasteiger partial charge >= 0.3 is 0 Å². The van der Waals surface area contributed by atoms with Crippen LogP contribution in [-0.2, 0) is 4.79 Å². The molecule has 0 saturated carbocycles. The molecule has 1 saturated heterocycles. The van der Waals surface area contributed by atoms with E-state index in [1.54, 1.807) is 0 Å². The number of hydrogen-bond acceptors (Lipinski definition) is 3. The molecule has 0 aromatic carbocycles. The number of likely N-dealkylation sites (tertiary alicyclic amines) is 1. The van der Waals surface area contributed by atoms with Gasteiger partial charge in [0.15, 0.2) is 0 Å². The fraction of sp³-hybridized carbons (Fsp3) is 0.917. The molecule has 0 bridgehead atoms. The second kappa shape index (κ2) is 6.86. The molecule has 1 heterocycles. The van der Waals surface area contributed by atoms with Crippen LogP contribution in [0.5, 0.6) is 0 Å². The predicted octanol–water partition coefficient (Wildman–Crippen LogP) is 0.572. The van der Waals surface area contributed by atoms with Crippen molar-refractivity contribution >= 4 is 5.91 Å². The Morgan fingerprint density at radius 3 is 2.88 bits per heavy atom. The lowest BCUT2D eigenvalue weighted by Crippen LogP contribution is -2.35. The Bertz CT molecular complexity index is 220. The van der Waals surface area contributed by atoms with Crippen LogP contribution >= 0.6 is 0 Å². The highest BCUT2D eigenvalue weighted by Crippen LogP contribution is 2.14. The van der Waals surface area contributed by atoms with Gasteiger partial charge in [-0.2, -0.15) is 0 Å². The third-order valence-electron chi connectivity index (χ3n) is 3.38. The average molecular weight is 227 g/mol. The molecule has 4 nitrogen and oxygen atoms in total. The van der Waals surface area contributed by atoms with Gasteiger partial charge in [-0.25, -0.2) is 0 Å². The van der Waals surface area contributed by atoms with Gasteiger partial charge in [-0.15, -0.1) is 0 Å². The Morgan fingerprint density at radius 2 is 2.31 bits per heavy atom. The molecule has 2 atom stereocenters. The number of amides is 1. The van der Waals surface area contributed by atoms with Crippen molar-refractivity contribution in [1.29, 1.82) is 0 Å². The second-order valence-electron chi connectivity index (χ2n) is 4.72. The highest BCUT2D eigenvalue weighted by Gasteiger charge is 2.21. The summed E-state index contributed by atoms with van der Waals surface area (Å²) < 4.78 is 0. The monoisotopic (exact) mass is 227 g/mol. The van der Waals surface area contributed by atoms with E-state index in [9.17, 15) is 4.79 Å². The summed E-state index contributed by atoms with van der Waals surface area (Å²) in [4.78, 5) is 13.9. The maximum Gasteiger partial charge on any atom is 0.221 e. The molecule has 3 N–H and O–H groups in total. The van der Waals surface area contributed by atoms with Gasteiger partial charge in [0.1, 0.15) is 0 Å². The highest BCUT2D eigenvalue weighted by molar-refractivity contribution is 5.76. The molecule has 1 amide bonds. The zero-order valence-corrected chi connectivity index (χ0v) is 10.5. The van der Waals surface area contributed by atoms with Crippen molar-refractivity contribution in [3.63, 3.8) is 0 Å². The number of rotatable bonds is 6. The first-order valence-electron chi connectivity index (χ1n) is 6.40. The van der Waals surface area contributed by atoms with Crippen LogP contribution in [0.3, 0.4) is 0 Å². The quantitative estimate of drug-likeness (QED) is 0.697. The van der Waals surface area contributed by atoms with E-state index < -0.39 is 0 Å². The van der Waals surface area contributed by atoms with E-state index in [4.69, 9.17) is 5.73 Å². The summed E-state index contributed by atoms with van der Waals surface area (Å²) in [7, 11) is 0. The van der Waals surface area contributed by atoms with Crippen LogP contribution in [0.15, 0.2) is 0 Å². The van der Waals surface area contributed by atoms with E-state index >= 15 is 0 Å². The van der Waals surface area contributed by atoms with E-state index in [1.807, 2.05) is 6.92 Å². The minimum atomic E-state index is 0.00992. The van der Waals surface area contributed by atoms with Gasteiger partial charge in [-0.05, 0) is 31.8 Å². The van der Waals surface area contributed by atoms with Gasteiger partial charge in [0.05, 0.1) is 0 Å². The Labute approximate surface area is 98.6 Å². The van der Waals surface area contributed by atoms with E-state index in [0.717, 1.165) is 26.1 Å². The van der Waals surface area contributed by atoms with Crippen LogP contribution in [0.25, 0.3) is 0 Å². The predicted molar refractivity (Wildman–Crippen MR) is 66.1 cm³/mol. The van der Waals surface area contributed by atoms with E-state index in [1.165, 1.54) is 13.0 Å². The Hall–Kier alpha value is -0.610. The number of nitrogens with two attached hydrogens (primary N) is 1. The Balaban J connectivity index is 2.13. The van der Waals surface area contributed by atoms with Crippen LogP contribution in [0.4, 0.5) is 0 Å². The smallest absolute Gasteiger partial charge is 0.221 e. The van der Waals surface area contributed by atoms with E-state index in [0.29, 0.717) is 12.3 Å². The van der Waals surface area contributed by atoms with Gasteiger partial charge in [-0.1, -0.05) is 13.8 Å². The zero-order valence-electron chi connectivity index (χ0n) is 10.5. The molecule has 16 heavy (non-hydrogen) atoms. The van der Waals surface area contributed by atoms with Gasteiger partial charge in [0, 0.05) is 25.6 Å². The van der Waals surface area contributed by atoms with Gasteiger partial charge < -0.3 is 16.0 Å². The van der Waals surface area contributed by atoms with E-state index in [-0.39, 0.29) is 11.9 Å². The third-order valence-corrected chi connectivity index (χ3v) is 3.38. The maximum atomic E-state index is 11.5. The largest absolute Gasteiger partial charge is 0.356 e. The summed E-state index contributed by atoms with van der Waals surface area (Å²) in [5.74, 6) is 0.728. The van der Waals surface area contributed by atoms with E-state index in [2.05, 4.69) is 17.1 Å². The summed E-state index contributed by atoms with van der Waals surface area (Å²) in [5.41, 5.74) is 5.73. The molecule has 1 aliphatic rings. The topological polar surface area (TPSA) is 58.4 Å². The molecule has 0 aliphatic carbocycles. The molecule has 0 aromatic heterocycles. The highest BCUT2D eigenvalue weighted by atomic mass is 16.1. The molecule has 1 fully saturated rings. The molecule has 0 spiro atoms. The first kappa shape index (κ1) is 13.5. The van der Waals surface area contributed by atoms with Gasteiger partial charge in [0.2, 0.25) is 5.91 Å². The molecule has 4 heteroatoms. The minimum absolute atomic E-state index is 0.00992. The molecule has 1 rings (SSSR count). The summed E-state index contributed by atoms with van der Waals surface area (Å²) in [5, 5.41) is 2.99. The molecule has 0 radical (unpaired) electrons. The summed E-state index contributed by atoms with van der Waals surface area (Å²) >= 11 is 0. The number of carbonyl (C=O) groups excluding carboxylic acids is 1. The van der Waals surface area contributed by atoms with Crippen LogP contribution in [0, 0.1) is 5.92 Å². The molecular weight excluding hydrogens is 202 g/mol. The third kappa shape index (κ3) is 4.49. The van der Waals surface area contributed by atoms with Crippen molar-refractivity contribution in [2.75, 3.05) is 26.2 Å². The first-order valence-corrected chi connectivity index (χ1v) is 6.40.